The van der Waals surface area contributed by atoms with Gasteiger partial charge in [0.2, 0.25) is 0 Å². The molecule has 0 spiro atoms. The molecule has 7 rings (SSSR count). The molecule has 2 aromatic carbocycles. The monoisotopic (exact) mass is 592 g/mol. The van der Waals surface area contributed by atoms with Crippen molar-refractivity contribution in [1.82, 2.24) is 15.2 Å². The first-order valence-corrected chi connectivity index (χ1v) is 15.4. The zero-order valence-electron chi connectivity index (χ0n) is 25.0. The lowest BCUT2D eigenvalue weighted by Gasteiger charge is -2.25. The Balaban J connectivity index is 1.19. The minimum Gasteiger partial charge on any atom is -0.496 e. The molecule has 1 aliphatic carbocycles. The summed E-state index contributed by atoms with van der Waals surface area (Å²) < 4.78 is 24.1. The first-order chi connectivity index (χ1) is 21.5. The molecule has 1 N–H and O–H groups in total. The predicted octanol–water partition coefficient (Wildman–Crippen LogP) is 5.67. The Morgan fingerprint density at radius 2 is 1.91 bits per heavy atom. The number of carbonyl (C=O) groups excluding carboxylic acids is 1. The third-order valence-electron chi connectivity index (χ3n) is 9.38. The molecule has 3 fully saturated rings. The molecule has 9 heteroatoms. The molecule has 2 aliphatic heterocycles. The Kier molecular flexibility index (Phi) is 7.71. The molecular weight excluding hydrogens is 556 g/mol. The van der Waals surface area contributed by atoms with Crippen molar-refractivity contribution in [3.8, 4) is 40.0 Å². The number of hydrogen-bond acceptors (Lipinski definition) is 8. The maximum Gasteiger partial charge on any atom is 0.251 e. The van der Waals surface area contributed by atoms with Gasteiger partial charge in [0, 0.05) is 60.9 Å². The normalized spacial score (nSPS) is 22.1. The highest BCUT2D eigenvalue weighted by atomic mass is 16.5. The van der Waals surface area contributed by atoms with Gasteiger partial charge in [0.15, 0.2) is 5.58 Å². The lowest BCUT2D eigenvalue weighted by atomic mass is 9.97. The topological polar surface area (TPSA) is 110 Å². The van der Waals surface area contributed by atoms with Gasteiger partial charge in [-0.15, -0.1) is 0 Å². The fraction of sp³-hybridized carbons (Fsp3) is 0.400. The first kappa shape index (κ1) is 28.4. The third kappa shape index (κ3) is 5.29. The lowest BCUT2D eigenvalue weighted by molar-refractivity contribution is 0.0257. The number of likely N-dealkylation sites (tertiary alicyclic amines) is 1. The van der Waals surface area contributed by atoms with Crippen LogP contribution >= 0.6 is 0 Å². The molecule has 0 bridgehead atoms. The van der Waals surface area contributed by atoms with Crippen molar-refractivity contribution in [2.45, 2.75) is 37.8 Å². The number of fused-ring (bicyclic) bond motifs is 2. The number of carbonyl (C=O) groups is 1. The van der Waals surface area contributed by atoms with Crippen molar-refractivity contribution < 1.29 is 23.4 Å². The van der Waals surface area contributed by atoms with Gasteiger partial charge >= 0.3 is 0 Å². The van der Waals surface area contributed by atoms with E-state index >= 15 is 0 Å². The van der Waals surface area contributed by atoms with Crippen LogP contribution in [0.5, 0.6) is 11.5 Å². The molecule has 226 valence electrons. The van der Waals surface area contributed by atoms with Crippen molar-refractivity contribution in [2.24, 2.45) is 11.8 Å². The number of rotatable bonds is 7. The summed E-state index contributed by atoms with van der Waals surface area (Å²) in [6, 6.07) is 17.2. The van der Waals surface area contributed by atoms with Crippen molar-refractivity contribution >= 4 is 17.0 Å². The second kappa shape index (κ2) is 11.9. The highest BCUT2D eigenvalue weighted by Crippen LogP contribution is 2.42. The zero-order chi connectivity index (χ0) is 30.2. The van der Waals surface area contributed by atoms with E-state index in [9.17, 15) is 10.1 Å². The van der Waals surface area contributed by atoms with Gasteiger partial charge in [-0.1, -0.05) is 12.1 Å². The Bertz CT molecular complexity index is 1740. The molecule has 2 aromatic heterocycles. The summed E-state index contributed by atoms with van der Waals surface area (Å²) in [7, 11) is 3.75. The second-order valence-corrected chi connectivity index (χ2v) is 12.1. The van der Waals surface area contributed by atoms with Gasteiger partial charge in [-0.05, 0) is 62.1 Å². The Labute approximate surface area is 256 Å². The lowest BCUT2D eigenvalue weighted by Crippen LogP contribution is -2.39. The summed E-state index contributed by atoms with van der Waals surface area (Å²) in [5.74, 6) is 2.74. The maximum atomic E-state index is 13.3. The molecule has 3 atom stereocenters. The van der Waals surface area contributed by atoms with Crippen LogP contribution < -0.4 is 14.8 Å². The standard InChI is InChI=1S/C35H36N4O5/c1-39-19-23-7-9-29(28(23)20-39)38-35(40)21-6-8-27(31(16-21)41-2)32-17-30-34(44-32)26(10-13-37-30)25-5-3-4-22(18-36)33(25)43-24-11-14-42-15-12-24/h3-6,8,10,13,16-17,23-24,28-29H,7,9,11-12,14-15,19-20H2,1-2H3,(H,38,40)/t23-,28+,29-/m1/s1. The zero-order valence-corrected chi connectivity index (χ0v) is 25.0. The summed E-state index contributed by atoms with van der Waals surface area (Å²) in [5, 5.41) is 13.2. The van der Waals surface area contributed by atoms with E-state index < -0.39 is 0 Å². The molecule has 4 heterocycles. The molecule has 1 saturated carbocycles. The van der Waals surface area contributed by atoms with Crippen LogP contribution in [0.25, 0.3) is 33.6 Å². The van der Waals surface area contributed by atoms with E-state index in [0.29, 0.717) is 64.5 Å². The highest BCUT2D eigenvalue weighted by Gasteiger charge is 2.42. The SMILES string of the molecule is COc1cc(C(=O)N[C@@H]2CC[C@@H]3CN(C)C[C@@H]32)ccc1-c1cc2nccc(-c3cccc(C#N)c3OC3CCOCC3)c2o1. The average Bonchev–Trinajstić information content (AvgIpc) is 3.76. The predicted molar refractivity (Wildman–Crippen MR) is 166 cm³/mol. The maximum absolute atomic E-state index is 13.3. The van der Waals surface area contributed by atoms with Crippen molar-refractivity contribution in [2.75, 3.05) is 40.5 Å². The van der Waals surface area contributed by atoms with Crippen LogP contribution in [0.3, 0.4) is 0 Å². The number of pyridine rings is 1. The average molecular weight is 593 g/mol. The molecule has 4 aromatic rings. The second-order valence-electron chi connectivity index (χ2n) is 12.1. The number of hydrogen-bond donors (Lipinski definition) is 1. The summed E-state index contributed by atoms with van der Waals surface area (Å²) in [6.45, 7) is 3.42. The molecule has 3 aliphatic rings. The van der Waals surface area contributed by atoms with E-state index in [0.717, 1.165) is 55.5 Å². The summed E-state index contributed by atoms with van der Waals surface area (Å²) >= 11 is 0. The van der Waals surface area contributed by atoms with Crippen LogP contribution in [0.4, 0.5) is 0 Å². The Morgan fingerprint density at radius 3 is 2.73 bits per heavy atom. The minimum absolute atomic E-state index is 0.0314. The van der Waals surface area contributed by atoms with Crippen molar-refractivity contribution in [1.29, 1.82) is 5.26 Å². The number of amides is 1. The van der Waals surface area contributed by atoms with Gasteiger partial charge in [-0.3, -0.25) is 9.78 Å². The fourth-order valence-corrected chi connectivity index (χ4v) is 7.16. The summed E-state index contributed by atoms with van der Waals surface area (Å²) in [4.78, 5) is 20.2. The van der Waals surface area contributed by atoms with Gasteiger partial charge in [-0.25, -0.2) is 0 Å². The van der Waals surface area contributed by atoms with Gasteiger partial charge in [-0.2, -0.15) is 5.26 Å². The van der Waals surface area contributed by atoms with Crippen LogP contribution in [-0.4, -0.2) is 68.4 Å². The molecular formula is C35H36N4O5. The summed E-state index contributed by atoms with van der Waals surface area (Å²) in [5.41, 5.74) is 4.53. The van der Waals surface area contributed by atoms with E-state index in [4.69, 9.17) is 18.6 Å². The molecule has 0 radical (unpaired) electrons. The number of methoxy groups -OCH3 is 1. The molecule has 9 nitrogen and oxygen atoms in total. The van der Waals surface area contributed by atoms with E-state index in [2.05, 4.69) is 28.3 Å². The number of nitriles is 1. The molecule has 1 amide bonds. The third-order valence-corrected chi connectivity index (χ3v) is 9.38. The molecule has 2 saturated heterocycles. The number of nitrogens with zero attached hydrogens (tertiary/aromatic N) is 3. The number of para-hydroxylation sites is 1. The minimum atomic E-state index is -0.0851. The number of ether oxygens (including phenoxy) is 3. The Hall–Kier alpha value is -4.39. The van der Waals surface area contributed by atoms with E-state index in [-0.39, 0.29) is 18.1 Å². The number of nitrogens with one attached hydrogen (secondary N) is 1. The first-order valence-electron chi connectivity index (χ1n) is 15.4. The van der Waals surface area contributed by atoms with Crippen LogP contribution in [0.15, 0.2) is 59.1 Å². The fourth-order valence-electron chi connectivity index (χ4n) is 7.16. The van der Waals surface area contributed by atoms with E-state index in [1.54, 1.807) is 25.4 Å². The molecule has 44 heavy (non-hydrogen) atoms. The smallest absolute Gasteiger partial charge is 0.251 e. The quantitative estimate of drug-likeness (QED) is 0.292. The number of furan rings is 1. The van der Waals surface area contributed by atoms with E-state index in [1.807, 2.05) is 36.4 Å². The Morgan fingerprint density at radius 1 is 1.05 bits per heavy atom. The van der Waals surface area contributed by atoms with Crippen LogP contribution in [0.1, 0.15) is 41.6 Å². The van der Waals surface area contributed by atoms with Crippen molar-refractivity contribution in [3.05, 3.63) is 65.9 Å². The van der Waals surface area contributed by atoms with Crippen molar-refractivity contribution in [3.63, 3.8) is 0 Å². The summed E-state index contributed by atoms with van der Waals surface area (Å²) in [6.07, 6.45) is 5.42. The van der Waals surface area contributed by atoms with Crippen LogP contribution in [-0.2, 0) is 4.74 Å². The van der Waals surface area contributed by atoms with Gasteiger partial charge in [0.1, 0.15) is 34.9 Å². The highest BCUT2D eigenvalue weighted by molar-refractivity contribution is 5.97. The van der Waals surface area contributed by atoms with Gasteiger partial charge in [0.25, 0.3) is 5.91 Å². The van der Waals surface area contributed by atoms with E-state index in [1.165, 1.54) is 0 Å². The largest absolute Gasteiger partial charge is 0.496 e. The van der Waals surface area contributed by atoms with Gasteiger partial charge in [0.05, 0.1) is 31.5 Å². The number of aromatic nitrogens is 1. The molecule has 0 unspecified atom stereocenters. The number of benzene rings is 2. The van der Waals surface area contributed by atoms with Crippen LogP contribution in [0.2, 0.25) is 0 Å². The van der Waals surface area contributed by atoms with Crippen LogP contribution in [0, 0.1) is 23.2 Å². The van der Waals surface area contributed by atoms with Gasteiger partial charge < -0.3 is 28.8 Å².